The summed E-state index contributed by atoms with van der Waals surface area (Å²) in [5.74, 6) is 0.115. The average molecular weight is 323 g/mol. The molecule has 2 fully saturated rings. The average Bonchev–Trinajstić information content (AvgIpc) is 3.13. The van der Waals surface area contributed by atoms with Crippen LogP contribution in [0, 0.1) is 13.8 Å². The van der Waals surface area contributed by atoms with E-state index in [1.54, 1.807) is 11.3 Å². The normalized spacial score (nSPS) is 26.0. The maximum Gasteiger partial charge on any atom is 0.227 e. The molecule has 1 N–H and O–H groups in total. The highest BCUT2D eigenvalue weighted by molar-refractivity contribution is 7.11. The predicted molar refractivity (Wildman–Crippen MR) is 87.1 cm³/mol. The Balaban J connectivity index is 1.57. The van der Waals surface area contributed by atoms with Gasteiger partial charge in [-0.3, -0.25) is 4.79 Å². The van der Waals surface area contributed by atoms with Gasteiger partial charge in [0, 0.05) is 18.0 Å². The molecule has 1 atom stereocenters. The number of carbonyl (C=O) groups is 1. The molecule has 0 spiro atoms. The number of aliphatic hydroxyl groups is 1. The number of β-amino-alcohol motifs (C(OH)–C–C–N with tert-alkyl or cyclic N) is 1. The van der Waals surface area contributed by atoms with Crippen molar-refractivity contribution in [1.29, 1.82) is 0 Å². The van der Waals surface area contributed by atoms with Crippen molar-refractivity contribution >= 4 is 17.2 Å². The van der Waals surface area contributed by atoms with E-state index in [1.807, 2.05) is 18.7 Å². The van der Waals surface area contributed by atoms with Crippen LogP contribution in [0.25, 0.3) is 0 Å². The quantitative estimate of drug-likeness (QED) is 0.909. The van der Waals surface area contributed by atoms with Crippen LogP contribution in [0.5, 0.6) is 0 Å². The fraction of sp³-hybridized carbons (Fsp3) is 0.750. The highest BCUT2D eigenvalue weighted by Crippen LogP contribution is 2.26. The minimum absolute atomic E-state index is 0.115. The zero-order chi connectivity index (χ0) is 15.7. The van der Waals surface area contributed by atoms with Crippen molar-refractivity contribution in [3.05, 3.63) is 15.6 Å². The van der Waals surface area contributed by atoms with Gasteiger partial charge in [0.1, 0.15) is 0 Å². The van der Waals surface area contributed by atoms with Crippen molar-refractivity contribution in [3.8, 4) is 0 Å². The van der Waals surface area contributed by atoms with Gasteiger partial charge >= 0.3 is 0 Å². The van der Waals surface area contributed by atoms with Gasteiger partial charge in [0.15, 0.2) is 0 Å². The van der Waals surface area contributed by atoms with E-state index >= 15 is 0 Å². The maximum absolute atomic E-state index is 12.5. The molecule has 0 aromatic carbocycles. The molecule has 1 amide bonds. The number of hydrogen-bond donors (Lipinski definition) is 1. The van der Waals surface area contributed by atoms with Crippen LogP contribution < -0.4 is 0 Å². The molecule has 0 saturated carbocycles. The van der Waals surface area contributed by atoms with Crippen LogP contribution >= 0.6 is 11.3 Å². The van der Waals surface area contributed by atoms with Crippen molar-refractivity contribution in [2.45, 2.75) is 45.1 Å². The number of carbonyl (C=O) groups excluding carboxylic acids is 1. The number of nitrogens with zero attached hydrogens (tertiary/aromatic N) is 3. The molecular formula is C16H25N3O2S. The summed E-state index contributed by atoms with van der Waals surface area (Å²) in [6.07, 6.45) is 3.55. The Morgan fingerprint density at radius 1 is 1.32 bits per heavy atom. The summed E-state index contributed by atoms with van der Waals surface area (Å²) < 4.78 is 0. The van der Waals surface area contributed by atoms with E-state index < -0.39 is 5.60 Å². The van der Waals surface area contributed by atoms with Crippen LogP contribution in [-0.4, -0.2) is 64.1 Å². The molecule has 0 bridgehead atoms. The second-order valence-corrected chi connectivity index (χ2v) is 7.98. The second kappa shape index (κ2) is 6.26. The summed E-state index contributed by atoms with van der Waals surface area (Å²) in [5.41, 5.74) is 0.237. The van der Waals surface area contributed by atoms with Gasteiger partial charge in [-0.25, -0.2) is 4.98 Å². The fourth-order valence-corrected chi connectivity index (χ4v) is 4.47. The van der Waals surface area contributed by atoms with Crippen LogP contribution in [0.4, 0.5) is 0 Å². The third-order valence-corrected chi connectivity index (χ3v) is 5.79. The molecule has 0 radical (unpaired) electrons. The smallest absolute Gasteiger partial charge is 0.227 e. The largest absolute Gasteiger partial charge is 0.387 e. The van der Waals surface area contributed by atoms with Gasteiger partial charge in [0.2, 0.25) is 5.91 Å². The Bertz CT molecular complexity index is 554. The number of thiazole rings is 1. The van der Waals surface area contributed by atoms with E-state index in [4.69, 9.17) is 0 Å². The van der Waals surface area contributed by atoms with Crippen molar-refractivity contribution in [3.63, 3.8) is 0 Å². The molecule has 3 rings (SSSR count). The first-order valence-electron chi connectivity index (χ1n) is 8.11. The van der Waals surface area contributed by atoms with Gasteiger partial charge in [-0.2, -0.15) is 0 Å². The van der Waals surface area contributed by atoms with Gasteiger partial charge in [0.25, 0.3) is 0 Å². The SMILES string of the molecule is Cc1nc(C)c(CC(=O)N2CCC(O)(CN3CCCC3)C2)s1. The molecule has 6 heteroatoms. The standard InChI is InChI=1S/C16H25N3O2S/c1-12-14(22-13(2)17-12)9-15(20)19-8-5-16(21,11-19)10-18-6-3-4-7-18/h21H,3-11H2,1-2H3. The maximum atomic E-state index is 12.5. The molecule has 3 heterocycles. The molecule has 1 aromatic heterocycles. The van der Waals surface area contributed by atoms with E-state index in [0.717, 1.165) is 28.7 Å². The molecule has 0 aliphatic carbocycles. The van der Waals surface area contributed by atoms with Crippen molar-refractivity contribution in [1.82, 2.24) is 14.8 Å². The van der Waals surface area contributed by atoms with E-state index in [9.17, 15) is 9.90 Å². The fourth-order valence-electron chi connectivity index (χ4n) is 3.54. The van der Waals surface area contributed by atoms with Gasteiger partial charge in [-0.15, -0.1) is 11.3 Å². The van der Waals surface area contributed by atoms with Crippen molar-refractivity contribution in [2.75, 3.05) is 32.7 Å². The number of amides is 1. The molecule has 22 heavy (non-hydrogen) atoms. The molecule has 1 aromatic rings. The number of aromatic nitrogens is 1. The molecule has 5 nitrogen and oxygen atoms in total. The van der Waals surface area contributed by atoms with Crippen LogP contribution in [0.15, 0.2) is 0 Å². The van der Waals surface area contributed by atoms with Gasteiger partial charge in [0.05, 0.1) is 29.3 Å². The van der Waals surface area contributed by atoms with E-state index in [2.05, 4.69) is 9.88 Å². The van der Waals surface area contributed by atoms with E-state index in [0.29, 0.717) is 32.5 Å². The van der Waals surface area contributed by atoms with Crippen molar-refractivity contribution in [2.24, 2.45) is 0 Å². The molecular weight excluding hydrogens is 298 g/mol. The minimum Gasteiger partial charge on any atom is -0.387 e. The van der Waals surface area contributed by atoms with Crippen LogP contribution in [0.2, 0.25) is 0 Å². The Morgan fingerprint density at radius 3 is 2.68 bits per heavy atom. The predicted octanol–water partition coefficient (Wildman–Crippen LogP) is 1.36. The summed E-state index contributed by atoms with van der Waals surface area (Å²) in [6, 6.07) is 0. The molecule has 2 aliphatic heterocycles. The summed E-state index contributed by atoms with van der Waals surface area (Å²) in [4.78, 5) is 22.1. The number of likely N-dealkylation sites (tertiary alicyclic amines) is 2. The highest BCUT2D eigenvalue weighted by atomic mass is 32.1. The topological polar surface area (TPSA) is 56.7 Å². The minimum atomic E-state index is -0.724. The Labute approximate surface area is 135 Å². The number of hydrogen-bond acceptors (Lipinski definition) is 5. The summed E-state index contributed by atoms with van der Waals surface area (Å²) >= 11 is 1.60. The van der Waals surface area contributed by atoms with E-state index in [1.165, 1.54) is 12.8 Å². The summed E-state index contributed by atoms with van der Waals surface area (Å²) in [6.45, 7) is 7.93. The van der Waals surface area contributed by atoms with Crippen LogP contribution in [0.1, 0.15) is 34.8 Å². The molecule has 2 saturated heterocycles. The lowest BCUT2D eigenvalue weighted by atomic mass is 10.0. The number of rotatable bonds is 4. The molecule has 122 valence electrons. The monoisotopic (exact) mass is 323 g/mol. The first-order valence-corrected chi connectivity index (χ1v) is 8.92. The van der Waals surface area contributed by atoms with Gasteiger partial charge in [-0.1, -0.05) is 0 Å². The first kappa shape index (κ1) is 15.9. The van der Waals surface area contributed by atoms with Gasteiger partial charge in [-0.05, 0) is 46.2 Å². The highest BCUT2D eigenvalue weighted by Gasteiger charge is 2.39. The summed E-state index contributed by atoms with van der Waals surface area (Å²) in [7, 11) is 0. The van der Waals surface area contributed by atoms with Crippen molar-refractivity contribution < 1.29 is 9.90 Å². The lowest BCUT2D eigenvalue weighted by Crippen LogP contribution is -2.45. The van der Waals surface area contributed by atoms with Crippen LogP contribution in [0.3, 0.4) is 0 Å². The first-order chi connectivity index (χ1) is 10.5. The molecule has 2 aliphatic rings. The Kier molecular flexibility index (Phi) is 4.52. The zero-order valence-corrected chi connectivity index (χ0v) is 14.3. The lowest BCUT2D eigenvalue weighted by Gasteiger charge is -2.28. The summed E-state index contributed by atoms with van der Waals surface area (Å²) in [5, 5.41) is 11.8. The Hall–Kier alpha value is -0.980. The van der Waals surface area contributed by atoms with Crippen LogP contribution in [-0.2, 0) is 11.2 Å². The Morgan fingerprint density at radius 2 is 2.05 bits per heavy atom. The van der Waals surface area contributed by atoms with E-state index in [-0.39, 0.29) is 5.91 Å². The zero-order valence-electron chi connectivity index (χ0n) is 13.5. The third kappa shape index (κ3) is 3.50. The van der Waals surface area contributed by atoms with Gasteiger partial charge < -0.3 is 14.9 Å². The lowest BCUT2D eigenvalue weighted by molar-refractivity contribution is -0.130. The third-order valence-electron chi connectivity index (χ3n) is 4.71. The molecule has 1 unspecified atom stereocenters. The number of aryl methyl sites for hydroxylation is 2. The second-order valence-electron chi connectivity index (χ2n) is 6.69.